The number of para-hydroxylation sites is 1. The minimum absolute atomic E-state index is 0.113. The van der Waals surface area contributed by atoms with Crippen LogP contribution in [0.1, 0.15) is 26.2 Å². The van der Waals surface area contributed by atoms with Crippen molar-refractivity contribution in [1.82, 2.24) is 5.32 Å². The lowest BCUT2D eigenvalue weighted by atomic mass is 10.1. The fourth-order valence-electron chi connectivity index (χ4n) is 2.59. The third kappa shape index (κ3) is 5.01. The molecule has 1 aliphatic rings. The standard InChI is InChI=1S/C16H23FN2O2/c1-13(21-15-8-4-3-7-14(15)17)16(20)18-9-12-19-10-5-2-6-11-19/h3-4,7-8,13H,2,5-6,9-12H2,1H3,(H,18,20)/p+1. The van der Waals surface area contributed by atoms with Crippen LogP contribution in [0.2, 0.25) is 0 Å². The molecular formula is C16H24FN2O2+. The topological polar surface area (TPSA) is 42.8 Å². The molecule has 0 aromatic heterocycles. The number of amides is 1. The summed E-state index contributed by atoms with van der Waals surface area (Å²) in [6.07, 6.45) is 3.17. The fourth-order valence-corrected chi connectivity index (χ4v) is 2.59. The van der Waals surface area contributed by atoms with Gasteiger partial charge in [0, 0.05) is 0 Å². The van der Waals surface area contributed by atoms with Crippen molar-refractivity contribution in [3.8, 4) is 5.75 Å². The van der Waals surface area contributed by atoms with Crippen molar-refractivity contribution >= 4 is 5.91 Å². The van der Waals surface area contributed by atoms with Crippen LogP contribution in [0, 0.1) is 5.82 Å². The van der Waals surface area contributed by atoms with Crippen LogP contribution in [0.3, 0.4) is 0 Å². The van der Waals surface area contributed by atoms with Gasteiger partial charge in [0.15, 0.2) is 17.7 Å². The Bertz CT molecular complexity index is 461. The van der Waals surface area contributed by atoms with Gasteiger partial charge in [0.05, 0.1) is 26.2 Å². The van der Waals surface area contributed by atoms with Gasteiger partial charge in [-0.2, -0.15) is 0 Å². The van der Waals surface area contributed by atoms with Gasteiger partial charge >= 0.3 is 0 Å². The van der Waals surface area contributed by atoms with Gasteiger partial charge in [0.1, 0.15) is 0 Å². The Hall–Kier alpha value is -1.62. The summed E-state index contributed by atoms with van der Waals surface area (Å²) in [5.41, 5.74) is 0. The maximum atomic E-state index is 13.4. The Balaban J connectivity index is 1.71. The third-order valence-corrected chi connectivity index (χ3v) is 3.85. The molecule has 1 atom stereocenters. The van der Waals surface area contributed by atoms with Gasteiger partial charge in [-0.25, -0.2) is 4.39 Å². The molecular weight excluding hydrogens is 271 g/mol. The van der Waals surface area contributed by atoms with E-state index in [1.54, 1.807) is 24.0 Å². The minimum atomic E-state index is -0.696. The second kappa shape index (κ2) is 7.98. The van der Waals surface area contributed by atoms with Crippen LogP contribution < -0.4 is 15.0 Å². The van der Waals surface area contributed by atoms with E-state index in [-0.39, 0.29) is 11.7 Å². The van der Waals surface area contributed by atoms with Crippen LogP contribution in [0.25, 0.3) is 0 Å². The van der Waals surface area contributed by atoms with E-state index in [0.717, 1.165) is 6.54 Å². The Morgan fingerprint density at radius 3 is 2.76 bits per heavy atom. The van der Waals surface area contributed by atoms with Gasteiger partial charge in [-0.05, 0) is 38.3 Å². The summed E-state index contributed by atoms with van der Waals surface area (Å²) in [5, 5.41) is 2.86. The highest BCUT2D eigenvalue weighted by Gasteiger charge is 2.17. The number of carbonyl (C=O) groups excluding carboxylic acids is 1. The second-order valence-electron chi connectivity index (χ2n) is 5.54. The number of nitrogens with one attached hydrogen (secondary N) is 2. The monoisotopic (exact) mass is 295 g/mol. The molecule has 1 aromatic rings. The van der Waals surface area contributed by atoms with E-state index in [4.69, 9.17) is 4.74 Å². The van der Waals surface area contributed by atoms with E-state index in [1.165, 1.54) is 44.5 Å². The third-order valence-electron chi connectivity index (χ3n) is 3.85. The zero-order chi connectivity index (χ0) is 15.1. The summed E-state index contributed by atoms with van der Waals surface area (Å²) in [7, 11) is 0. The summed E-state index contributed by atoms with van der Waals surface area (Å²) in [4.78, 5) is 13.5. The average Bonchev–Trinajstić information content (AvgIpc) is 2.50. The van der Waals surface area contributed by atoms with E-state index in [0.29, 0.717) is 6.54 Å². The molecule has 4 nitrogen and oxygen atoms in total. The van der Waals surface area contributed by atoms with Crippen molar-refractivity contribution in [2.24, 2.45) is 0 Å². The maximum Gasteiger partial charge on any atom is 0.260 e. The molecule has 116 valence electrons. The predicted molar refractivity (Wildman–Crippen MR) is 78.9 cm³/mol. The Labute approximate surface area is 125 Å². The number of rotatable bonds is 6. The van der Waals surface area contributed by atoms with Crippen molar-refractivity contribution in [2.75, 3.05) is 26.2 Å². The van der Waals surface area contributed by atoms with E-state index in [1.807, 2.05) is 0 Å². The molecule has 0 bridgehead atoms. The van der Waals surface area contributed by atoms with Gasteiger partial charge < -0.3 is 15.0 Å². The SMILES string of the molecule is CC(Oc1ccccc1F)C(=O)NCC[NH+]1CCCCC1. The lowest BCUT2D eigenvalue weighted by Gasteiger charge is -2.23. The maximum absolute atomic E-state index is 13.4. The number of likely N-dealkylation sites (tertiary alicyclic amines) is 1. The zero-order valence-corrected chi connectivity index (χ0v) is 12.5. The number of hydrogen-bond acceptors (Lipinski definition) is 2. The van der Waals surface area contributed by atoms with E-state index >= 15 is 0 Å². The molecule has 1 aromatic carbocycles. The van der Waals surface area contributed by atoms with Crippen molar-refractivity contribution < 1.29 is 18.8 Å². The van der Waals surface area contributed by atoms with Crippen molar-refractivity contribution in [3.63, 3.8) is 0 Å². The molecule has 1 unspecified atom stereocenters. The first-order valence-electron chi connectivity index (χ1n) is 7.69. The van der Waals surface area contributed by atoms with Crippen molar-refractivity contribution in [3.05, 3.63) is 30.1 Å². The van der Waals surface area contributed by atoms with Crippen molar-refractivity contribution in [2.45, 2.75) is 32.3 Å². The molecule has 21 heavy (non-hydrogen) atoms. The number of ether oxygens (including phenoxy) is 1. The van der Waals surface area contributed by atoms with Gasteiger partial charge in [0.2, 0.25) is 0 Å². The number of benzene rings is 1. The lowest BCUT2D eigenvalue weighted by molar-refractivity contribution is -0.903. The number of carbonyl (C=O) groups is 1. The van der Waals surface area contributed by atoms with Gasteiger partial charge in [-0.1, -0.05) is 12.1 Å². The Kier molecular flexibility index (Phi) is 5.99. The molecule has 2 N–H and O–H groups in total. The molecule has 1 amide bonds. The van der Waals surface area contributed by atoms with Crippen molar-refractivity contribution in [1.29, 1.82) is 0 Å². The first kappa shape index (κ1) is 15.8. The van der Waals surface area contributed by atoms with Crippen LogP contribution >= 0.6 is 0 Å². The van der Waals surface area contributed by atoms with E-state index in [9.17, 15) is 9.18 Å². The normalized spacial score (nSPS) is 17.2. The summed E-state index contributed by atoms with van der Waals surface area (Å²) in [5.74, 6) is -0.536. The molecule has 1 heterocycles. The first-order chi connectivity index (χ1) is 10.2. The molecule has 0 aliphatic carbocycles. The molecule has 1 aliphatic heterocycles. The number of halogens is 1. The summed E-state index contributed by atoms with van der Waals surface area (Å²) in [6.45, 7) is 5.60. The number of quaternary nitrogens is 1. The predicted octanol–water partition coefficient (Wildman–Crippen LogP) is 0.778. The highest BCUT2D eigenvalue weighted by atomic mass is 19.1. The number of piperidine rings is 1. The summed E-state index contributed by atoms with van der Waals surface area (Å²) in [6, 6.07) is 6.12. The smallest absolute Gasteiger partial charge is 0.260 e. The summed E-state index contributed by atoms with van der Waals surface area (Å²) >= 11 is 0. The zero-order valence-electron chi connectivity index (χ0n) is 12.5. The fraction of sp³-hybridized carbons (Fsp3) is 0.562. The van der Waals surface area contributed by atoms with Gasteiger partial charge in [0.25, 0.3) is 5.91 Å². The van der Waals surface area contributed by atoms with Crippen LogP contribution in [0.5, 0.6) is 5.75 Å². The largest absolute Gasteiger partial charge is 0.478 e. The molecule has 1 fully saturated rings. The Morgan fingerprint density at radius 1 is 1.33 bits per heavy atom. The molecule has 5 heteroatoms. The van der Waals surface area contributed by atoms with Gasteiger partial charge in [-0.15, -0.1) is 0 Å². The van der Waals surface area contributed by atoms with Crippen LogP contribution in [-0.2, 0) is 4.79 Å². The molecule has 1 saturated heterocycles. The van der Waals surface area contributed by atoms with Crippen LogP contribution in [-0.4, -0.2) is 38.2 Å². The Morgan fingerprint density at radius 2 is 2.05 bits per heavy atom. The second-order valence-corrected chi connectivity index (χ2v) is 5.54. The van der Waals surface area contributed by atoms with Crippen LogP contribution in [0.15, 0.2) is 24.3 Å². The molecule has 0 saturated carbocycles. The van der Waals surface area contributed by atoms with E-state index < -0.39 is 11.9 Å². The lowest BCUT2D eigenvalue weighted by Crippen LogP contribution is -3.13. The highest BCUT2D eigenvalue weighted by Crippen LogP contribution is 2.16. The van der Waals surface area contributed by atoms with E-state index in [2.05, 4.69) is 5.32 Å². The molecule has 2 rings (SSSR count). The van der Waals surface area contributed by atoms with Gasteiger partial charge in [-0.3, -0.25) is 4.79 Å². The molecule has 0 radical (unpaired) electrons. The average molecular weight is 295 g/mol. The number of hydrogen-bond donors (Lipinski definition) is 2. The first-order valence-corrected chi connectivity index (χ1v) is 7.69. The molecule has 0 spiro atoms. The highest BCUT2D eigenvalue weighted by molar-refractivity contribution is 5.80. The summed E-state index contributed by atoms with van der Waals surface area (Å²) < 4.78 is 18.8. The van der Waals surface area contributed by atoms with Crippen LogP contribution in [0.4, 0.5) is 4.39 Å². The quantitative estimate of drug-likeness (QED) is 0.814. The minimum Gasteiger partial charge on any atom is -0.478 e.